The second-order valence-corrected chi connectivity index (χ2v) is 10.5. The summed E-state index contributed by atoms with van der Waals surface area (Å²) in [5.74, 6) is -0.186. The lowest BCUT2D eigenvalue weighted by Crippen LogP contribution is -2.47. The molecular formula is C35H37FN4O3. The van der Waals surface area contributed by atoms with Crippen LogP contribution in [0.4, 0.5) is 21.5 Å². The number of anilines is 3. The number of methoxy groups -OCH3 is 1. The minimum atomic E-state index is -0.325. The molecule has 1 aliphatic heterocycles. The standard InChI is InChI=1S/C35H37FN4O3/c1-3-29(26-9-5-4-6-10-26)35(42)38-28-17-18-31(30(23-28)34(41)37-24-25-13-15-27(36)16-14-25)39-19-21-40(22-20-39)32-11-7-8-12-33(32)43-2/h4-18,23,29H,3,19-22,24H2,1-2H3,(H,37,41)(H,38,42). The van der Waals surface area contributed by atoms with Crippen LogP contribution in [0.5, 0.6) is 5.75 Å². The van der Waals surface area contributed by atoms with Crippen molar-refractivity contribution in [3.05, 3.63) is 120 Å². The average molecular weight is 581 g/mol. The summed E-state index contributed by atoms with van der Waals surface area (Å²) in [6, 6.07) is 29.2. The maximum absolute atomic E-state index is 13.6. The predicted molar refractivity (Wildman–Crippen MR) is 170 cm³/mol. The molecule has 1 atom stereocenters. The summed E-state index contributed by atoms with van der Waals surface area (Å²) >= 11 is 0. The molecule has 1 unspecified atom stereocenters. The first-order chi connectivity index (χ1) is 21.0. The molecule has 0 saturated carbocycles. The van der Waals surface area contributed by atoms with Gasteiger partial charge in [0.15, 0.2) is 0 Å². The van der Waals surface area contributed by atoms with Gasteiger partial charge in [0.25, 0.3) is 5.91 Å². The monoisotopic (exact) mass is 580 g/mol. The summed E-state index contributed by atoms with van der Waals surface area (Å²) < 4.78 is 19.0. The zero-order valence-electron chi connectivity index (χ0n) is 24.6. The third kappa shape index (κ3) is 7.15. The van der Waals surface area contributed by atoms with Crippen LogP contribution in [0, 0.1) is 5.82 Å². The van der Waals surface area contributed by atoms with E-state index in [4.69, 9.17) is 4.74 Å². The molecule has 7 nitrogen and oxygen atoms in total. The molecule has 0 spiro atoms. The molecule has 0 aliphatic carbocycles. The highest BCUT2D eigenvalue weighted by molar-refractivity contribution is 6.03. The summed E-state index contributed by atoms with van der Waals surface area (Å²) in [6.07, 6.45) is 0.648. The first kappa shape index (κ1) is 29.6. The zero-order valence-corrected chi connectivity index (χ0v) is 24.6. The number of hydrogen-bond donors (Lipinski definition) is 2. The van der Waals surface area contributed by atoms with Gasteiger partial charge in [-0.15, -0.1) is 0 Å². The maximum Gasteiger partial charge on any atom is 0.253 e. The smallest absolute Gasteiger partial charge is 0.253 e. The number of para-hydroxylation sites is 2. The molecule has 5 rings (SSSR count). The first-order valence-electron chi connectivity index (χ1n) is 14.6. The van der Waals surface area contributed by atoms with Gasteiger partial charge in [0, 0.05) is 44.1 Å². The second-order valence-electron chi connectivity index (χ2n) is 10.5. The predicted octanol–water partition coefficient (Wildman–Crippen LogP) is 6.22. The van der Waals surface area contributed by atoms with Crippen molar-refractivity contribution in [2.75, 3.05) is 48.4 Å². The van der Waals surface area contributed by atoms with Gasteiger partial charge in [-0.3, -0.25) is 9.59 Å². The van der Waals surface area contributed by atoms with Crippen LogP contribution in [-0.4, -0.2) is 45.1 Å². The molecule has 0 bridgehead atoms. The lowest BCUT2D eigenvalue weighted by Gasteiger charge is -2.38. The van der Waals surface area contributed by atoms with E-state index in [1.807, 2.05) is 67.6 Å². The summed E-state index contributed by atoms with van der Waals surface area (Å²) in [5, 5.41) is 6.01. The molecule has 2 amide bonds. The van der Waals surface area contributed by atoms with Crippen molar-refractivity contribution in [3.63, 3.8) is 0 Å². The molecule has 1 heterocycles. The van der Waals surface area contributed by atoms with Crippen molar-refractivity contribution in [2.24, 2.45) is 0 Å². The second kappa shape index (κ2) is 13.9. The number of nitrogens with one attached hydrogen (secondary N) is 2. The Labute approximate surface area is 252 Å². The number of nitrogens with zero attached hydrogens (tertiary/aromatic N) is 2. The zero-order chi connectivity index (χ0) is 30.2. The molecule has 1 aliphatic rings. The Bertz CT molecular complexity index is 1540. The first-order valence-corrected chi connectivity index (χ1v) is 14.6. The fourth-order valence-corrected chi connectivity index (χ4v) is 5.52. The number of carbonyl (C=O) groups is 2. The number of rotatable bonds is 10. The Balaban J connectivity index is 1.37. The van der Waals surface area contributed by atoms with Crippen LogP contribution in [0.2, 0.25) is 0 Å². The minimum absolute atomic E-state index is 0.121. The third-order valence-corrected chi connectivity index (χ3v) is 7.85. The Morgan fingerprint density at radius 3 is 2.16 bits per heavy atom. The molecule has 0 radical (unpaired) electrons. The Kier molecular flexibility index (Phi) is 9.56. The molecule has 1 fully saturated rings. The molecule has 4 aromatic carbocycles. The fourth-order valence-electron chi connectivity index (χ4n) is 5.52. The van der Waals surface area contributed by atoms with Gasteiger partial charge in [0.1, 0.15) is 11.6 Å². The largest absolute Gasteiger partial charge is 0.495 e. The van der Waals surface area contributed by atoms with Crippen molar-refractivity contribution in [1.82, 2.24) is 5.32 Å². The molecule has 0 aromatic heterocycles. The number of carbonyl (C=O) groups excluding carboxylic acids is 2. The molecule has 1 saturated heterocycles. The maximum atomic E-state index is 13.6. The van der Waals surface area contributed by atoms with Crippen LogP contribution < -0.4 is 25.2 Å². The highest BCUT2D eigenvalue weighted by Gasteiger charge is 2.25. The van der Waals surface area contributed by atoms with E-state index in [0.717, 1.165) is 41.3 Å². The quantitative estimate of drug-likeness (QED) is 0.233. The Morgan fingerprint density at radius 2 is 1.49 bits per heavy atom. The normalized spacial score (nSPS) is 13.7. The molecular weight excluding hydrogens is 543 g/mol. The van der Waals surface area contributed by atoms with E-state index in [1.54, 1.807) is 25.3 Å². The third-order valence-electron chi connectivity index (χ3n) is 7.85. The van der Waals surface area contributed by atoms with Crippen LogP contribution >= 0.6 is 0 Å². The highest BCUT2D eigenvalue weighted by Crippen LogP contribution is 2.31. The molecule has 4 aromatic rings. The molecule has 2 N–H and O–H groups in total. The SMILES string of the molecule is CCC(C(=O)Nc1ccc(N2CCN(c3ccccc3OC)CC2)c(C(=O)NCc2ccc(F)cc2)c1)c1ccccc1. The highest BCUT2D eigenvalue weighted by atomic mass is 19.1. The van der Waals surface area contributed by atoms with E-state index in [-0.39, 0.29) is 30.1 Å². The average Bonchev–Trinajstić information content (AvgIpc) is 3.05. The van der Waals surface area contributed by atoms with E-state index in [9.17, 15) is 14.0 Å². The topological polar surface area (TPSA) is 73.9 Å². The van der Waals surface area contributed by atoms with E-state index in [0.29, 0.717) is 30.8 Å². The lowest BCUT2D eigenvalue weighted by atomic mass is 9.95. The molecule has 222 valence electrons. The summed E-state index contributed by atoms with van der Waals surface area (Å²) in [4.78, 5) is 31.4. The lowest BCUT2D eigenvalue weighted by molar-refractivity contribution is -0.117. The summed E-state index contributed by atoms with van der Waals surface area (Å²) in [5.41, 5.74) is 4.61. The van der Waals surface area contributed by atoms with Gasteiger partial charge in [-0.25, -0.2) is 4.39 Å². The number of piperazine rings is 1. The van der Waals surface area contributed by atoms with Gasteiger partial charge in [-0.2, -0.15) is 0 Å². The number of halogens is 1. The number of amides is 2. The Hall–Kier alpha value is -4.85. The van der Waals surface area contributed by atoms with Crippen molar-refractivity contribution in [1.29, 1.82) is 0 Å². The van der Waals surface area contributed by atoms with Crippen LogP contribution in [0.25, 0.3) is 0 Å². The van der Waals surface area contributed by atoms with Crippen LogP contribution in [0.1, 0.15) is 40.7 Å². The van der Waals surface area contributed by atoms with Gasteiger partial charge in [-0.05, 0) is 60.0 Å². The van der Waals surface area contributed by atoms with Crippen molar-refractivity contribution >= 4 is 28.9 Å². The number of benzene rings is 4. The van der Waals surface area contributed by atoms with Gasteiger partial charge in [0.05, 0.1) is 24.3 Å². The Morgan fingerprint density at radius 1 is 0.837 bits per heavy atom. The van der Waals surface area contributed by atoms with Crippen molar-refractivity contribution < 1.29 is 18.7 Å². The number of hydrogen-bond acceptors (Lipinski definition) is 5. The van der Waals surface area contributed by atoms with E-state index in [2.05, 4.69) is 26.5 Å². The van der Waals surface area contributed by atoms with Crippen LogP contribution in [0.15, 0.2) is 97.1 Å². The van der Waals surface area contributed by atoms with Crippen LogP contribution in [-0.2, 0) is 11.3 Å². The fraction of sp³-hybridized carbons (Fsp3) is 0.257. The number of ether oxygens (including phenoxy) is 1. The van der Waals surface area contributed by atoms with Gasteiger partial charge >= 0.3 is 0 Å². The summed E-state index contributed by atoms with van der Waals surface area (Å²) in [7, 11) is 1.68. The van der Waals surface area contributed by atoms with Crippen LogP contribution in [0.3, 0.4) is 0 Å². The van der Waals surface area contributed by atoms with Crippen molar-refractivity contribution in [3.8, 4) is 5.75 Å². The van der Waals surface area contributed by atoms with E-state index < -0.39 is 0 Å². The van der Waals surface area contributed by atoms with Gasteiger partial charge in [0.2, 0.25) is 5.91 Å². The van der Waals surface area contributed by atoms with Gasteiger partial charge in [-0.1, -0.05) is 61.5 Å². The molecule has 8 heteroatoms. The summed E-state index contributed by atoms with van der Waals surface area (Å²) in [6.45, 7) is 5.15. The van der Waals surface area contributed by atoms with E-state index >= 15 is 0 Å². The molecule has 43 heavy (non-hydrogen) atoms. The van der Waals surface area contributed by atoms with Crippen molar-refractivity contribution in [2.45, 2.75) is 25.8 Å². The van der Waals surface area contributed by atoms with E-state index in [1.165, 1.54) is 12.1 Å². The minimum Gasteiger partial charge on any atom is -0.495 e. The van der Waals surface area contributed by atoms with Gasteiger partial charge < -0.3 is 25.2 Å².